The zero-order chi connectivity index (χ0) is 27.7. The highest BCUT2D eigenvalue weighted by Gasteiger charge is 2.31. The zero-order valence-electron chi connectivity index (χ0n) is 22.4. The summed E-state index contributed by atoms with van der Waals surface area (Å²) in [5.74, 6) is -0.464. The largest absolute Gasteiger partial charge is 0.497 e. The van der Waals surface area contributed by atoms with Crippen molar-refractivity contribution in [2.24, 2.45) is 0 Å². The van der Waals surface area contributed by atoms with Gasteiger partial charge < -0.3 is 15.0 Å². The van der Waals surface area contributed by atoms with Crippen LogP contribution < -0.4 is 14.4 Å². The molecule has 0 heterocycles. The Labute approximate surface area is 225 Å². The van der Waals surface area contributed by atoms with E-state index in [-0.39, 0.29) is 49.5 Å². The number of hydrogen-bond acceptors (Lipinski definition) is 5. The summed E-state index contributed by atoms with van der Waals surface area (Å²) in [4.78, 5) is 28.4. The molecule has 38 heavy (non-hydrogen) atoms. The minimum absolute atomic E-state index is 0.00233. The average molecular weight is 548 g/mol. The minimum atomic E-state index is -3.77. The van der Waals surface area contributed by atoms with Gasteiger partial charge >= 0.3 is 0 Å². The molecule has 1 atom stereocenters. The number of methoxy groups -OCH3 is 1. The second kappa shape index (κ2) is 13.6. The molecule has 208 valence electrons. The van der Waals surface area contributed by atoms with Gasteiger partial charge in [-0.25, -0.2) is 12.8 Å². The van der Waals surface area contributed by atoms with E-state index >= 15 is 0 Å². The van der Waals surface area contributed by atoms with Crippen molar-refractivity contribution < 1.29 is 27.1 Å². The van der Waals surface area contributed by atoms with E-state index in [0.717, 1.165) is 41.8 Å². The van der Waals surface area contributed by atoms with Gasteiger partial charge in [-0.1, -0.05) is 44.0 Å². The Bertz CT molecular complexity index is 1200. The van der Waals surface area contributed by atoms with Gasteiger partial charge in [0, 0.05) is 25.6 Å². The highest BCUT2D eigenvalue weighted by Crippen LogP contribution is 2.24. The van der Waals surface area contributed by atoms with Crippen LogP contribution in [0.15, 0.2) is 48.5 Å². The van der Waals surface area contributed by atoms with E-state index in [1.165, 1.54) is 18.2 Å². The Balaban J connectivity index is 1.78. The number of carbonyl (C=O) groups is 2. The number of para-hydroxylation sites is 1. The molecular formula is C28H38FN3O5S. The molecule has 1 N–H and O–H groups in total. The lowest BCUT2D eigenvalue weighted by atomic mass is 10.1. The Hall–Kier alpha value is -3.14. The van der Waals surface area contributed by atoms with Crippen LogP contribution in [0.3, 0.4) is 0 Å². The third-order valence-corrected chi connectivity index (χ3v) is 8.03. The van der Waals surface area contributed by atoms with Gasteiger partial charge in [-0.05, 0) is 55.5 Å². The molecule has 0 radical (unpaired) electrons. The molecule has 0 aromatic heterocycles. The van der Waals surface area contributed by atoms with Gasteiger partial charge in [0.1, 0.15) is 17.6 Å². The smallest absolute Gasteiger partial charge is 0.243 e. The van der Waals surface area contributed by atoms with Crippen molar-refractivity contribution in [3.63, 3.8) is 0 Å². The van der Waals surface area contributed by atoms with Crippen LogP contribution in [-0.4, -0.2) is 57.1 Å². The standard InChI is InChI=1S/C28H38FN3O5S/c1-4-25(28(34)30-22-12-5-6-13-22)31(20-21-11-9-14-23(19-21)37-2)27(33)17-10-18-32(38(3,35)36)26-16-8-7-15-24(26)29/h7-9,11,14-16,19,22,25H,4-6,10,12-13,17-18,20H2,1-3H3,(H,30,34). The Morgan fingerprint density at radius 3 is 2.47 bits per heavy atom. The topological polar surface area (TPSA) is 96.0 Å². The van der Waals surface area contributed by atoms with Crippen LogP contribution in [0.25, 0.3) is 0 Å². The van der Waals surface area contributed by atoms with E-state index in [2.05, 4.69) is 5.32 Å². The molecule has 1 saturated carbocycles. The highest BCUT2D eigenvalue weighted by molar-refractivity contribution is 7.92. The lowest BCUT2D eigenvalue weighted by molar-refractivity contribution is -0.141. The van der Waals surface area contributed by atoms with E-state index in [4.69, 9.17) is 4.74 Å². The number of anilines is 1. The molecule has 10 heteroatoms. The third kappa shape index (κ3) is 7.93. The lowest BCUT2D eigenvalue weighted by Gasteiger charge is -2.32. The number of halogens is 1. The number of benzene rings is 2. The Morgan fingerprint density at radius 2 is 1.84 bits per heavy atom. The molecule has 2 amide bonds. The molecule has 8 nitrogen and oxygen atoms in total. The monoisotopic (exact) mass is 547 g/mol. The number of nitrogens with one attached hydrogen (secondary N) is 1. The second-order valence-electron chi connectivity index (χ2n) is 9.68. The summed E-state index contributed by atoms with van der Waals surface area (Å²) in [7, 11) is -2.21. The first-order chi connectivity index (χ1) is 18.1. The van der Waals surface area contributed by atoms with Crippen LogP contribution in [0, 0.1) is 5.82 Å². The first-order valence-corrected chi connectivity index (χ1v) is 14.9. The molecule has 2 aromatic carbocycles. The van der Waals surface area contributed by atoms with E-state index < -0.39 is 21.9 Å². The van der Waals surface area contributed by atoms with E-state index in [1.807, 2.05) is 31.2 Å². The minimum Gasteiger partial charge on any atom is -0.497 e. The molecule has 0 spiro atoms. The molecular weight excluding hydrogens is 509 g/mol. The maximum Gasteiger partial charge on any atom is 0.243 e. The van der Waals surface area contributed by atoms with Crippen LogP contribution in [0.2, 0.25) is 0 Å². The van der Waals surface area contributed by atoms with Gasteiger partial charge in [0.15, 0.2) is 0 Å². The van der Waals surface area contributed by atoms with Crippen molar-refractivity contribution in [3.05, 3.63) is 59.9 Å². The van der Waals surface area contributed by atoms with Gasteiger partial charge in [0.25, 0.3) is 0 Å². The molecule has 1 fully saturated rings. The summed E-state index contributed by atoms with van der Waals surface area (Å²) in [6.45, 7) is 2.01. The first kappa shape index (κ1) is 29.4. The molecule has 1 aliphatic carbocycles. The average Bonchev–Trinajstić information content (AvgIpc) is 3.39. The van der Waals surface area contributed by atoms with Crippen LogP contribution in [0.5, 0.6) is 5.75 Å². The molecule has 0 saturated heterocycles. The van der Waals surface area contributed by atoms with Gasteiger partial charge in [-0.2, -0.15) is 0 Å². The molecule has 1 aliphatic rings. The summed E-state index contributed by atoms with van der Waals surface area (Å²) >= 11 is 0. The fourth-order valence-electron chi connectivity index (χ4n) is 4.89. The fraction of sp³-hybridized carbons (Fsp3) is 0.500. The predicted molar refractivity (Wildman–Crippen MR) is 146 cm³/mol. The molecule has 0 bridgehead atoms. The molecule has 0 aliphatic heterocycles. The molecule has 2 aromatic rings. The van der Waals surface area contributed by atoms with Gasteiger partial charge in [0.2, 0.25) is 21.8 Å². The maximum atomic E-state index is 14.4. The Morgan fingerprint density at radius 1 is 1.13 bits per heavy atom. The van der Waals surface area contributed by atoms with Crippen LogP contribution >= 0.6 is 0 Å². The SMILES string of the molecule is CCC(C(=O)NC1CCCC1)N(Cc1cccc(OC)c1)C(=O)CCCN(c1ccccc1F)S(C)(=O)=O. The van der Waals surface area contributed by atoms with Crippen molar-refractivity contribution in [1.29, 1.82) is 0 Å². The lowest BCUT2D eigenvalue weighted by Crippen LogP contribution is -2.51. The number of sulfonamides is 1. The van der Waals surface area contributed by atoms with Crippen LogP contribution in [0.1, 0.15) is 57.4 Å². The van der Waals surface area contributed by atoms with E-state index in [0.29, 0.717) is 12.2 Å². The van der Waals surface area contributed by atoms with Gasteiger partial charge in [-0.3, -0.25) is 13.9 Å². The van der Waals surface area contributed by atoms with Crippen molar-refractivity contribution in [1.82, 2.24) is 10.2 Å². The number of hydrogen-bond donors (Lipinski definition) is 1. The summed E-state index contributed by atoms with van der Waals surface area (Å²) < 4.78 is 45.5. The quantitative estimate of drug-likeness (QED) is 0.405. The second-order valence-corrected chi connectivity index (χ2v) is 11.6. The fourth-order valence-corrected chi connectivity index (χ4v) is 5.86. The van der Waals surface area contributed by atoms with Crippen molar-refractivity contribution in [3.8, 4) is 5.75 Å². The van der Waals surface area contributed by atoms with Gasteiger partial charge in [0.05, 0.1) is 19.1 Å². The normalized spacial score (nSPS) is 14.6. The Kier molecular flexibility index (Phi) is 10.5. The first-order valence-electron chi connectivity index (χ1n) is 13.1. The number of carbonyl (C=O) groups excluding carboxylic acids is 2. The van der Waals surface area contributed by atoms with Crippen molar-refractivity contribution in [2.75, 3.05) is 24.2 Å². The van der Waals surface area contributed by atoms with Crippen LogP contribution in [-0.2, 0) is 26.2 Å². The number of amides is 2. The van der Waals surface area contributed by atoms with Crippen molar-refractivity contribution in [2.45, 2.75) is 70.5 Å². The summed E-state index contributed by atoms with van der Waals surface area (Å²) in [6.07, 6.45) is 5.62. The van der Waals surface area contributed by atoms with E-state index in [1.54, 1.807) is 18.1 Å². The number of nitrogens with zero attached hydrogens (tertiary/aromatic N) is 2. The summed E-state index contributed by atoms with van der Waals surface area (Å²) in [6, 6.07) is 12.4. The number of rotatable bonds is 13. The summed E-state index contributed by atoms with van der Waals surface area (Å²) in [5, 5.41) is 3.11. The van der Waals surface area contributed by atoms with E-state index in [9.17, 15) is 22.4 Å². The molecule has 1 unspecified atom stereocenters. The maximum absolute atomic E-state index is 14.4. The summed E-state index contributed by atoms with van der Waals surface area (Å²) in [5.41, 5.74) is 0.756. The molecule has 3 rings (SSSR count). The third-order valence-electron chi connectivity index (χ3n) is 6.85. The van der Waals surface area contributed by atoms with Crippen LogP contribution in [0.4, 0.5) is 10.1 Å². The zero-order valence-corrected chi connectivity index (χ0v) is 23.2. The predicted octanol–water partition coefficient (Wildman–Crippen LogP) is 4.25. The highest BCUT2D eigenvalue weighted by atomic mass is 32.2. The number of ether oxygens (including phenoxy) is 1. The van der Waals surface area contributed by atoms with Crippen molar-refractivity contribution >= 4 is 27.5 Å². The van der Waals surface area contributed by atoms with Gasteiger partial charge in [-0.15, -0.1) is 0 Å².